The Kier molecular flexibility index (Phi) is 7.94. The standard InChI is InChI=1S/C27H42N4O2/c1-20(2)22-11-13-24(14-12-22)28-27(33)30-18-16-29(17-19-30)25(23-9-4-5-10-23)26(32)31-15-7-6-8-21(31)3/h11-14,20-21,23,25H,4-10,15-19H2,1-3H3,(H,28,33)/t21-,25-/m0/s1. The zero-order valence-electron chi connectivity index (χ0n) is 20.8. The number of carbonyl (C=O) groups excluding carboxylic acids is 2. The molecule has 0 unspecified atom stereocenters. The van der Waals surface area contributed by atoms with Gasteiger partial charge in [0.1, 0.15) is 0 Å². The smallest absolute Gasteiger partial charge is 0.321 e. The molecule has 182 valence electrons. The maximum absolute atomic E-state index is 13.7. The molecule has 0 spiro atoms. The number of piperidine rings is 1. The molecular weight excluding hydrogens is 412 g/mol. The lowest BCUT2D eigenvalue weighted by Gasteiger charge is -2.44. The quantitative estimate of drug-likeness (QED) is 0.687. The highest BCUT2D eigenvalue weighted by Gasteiger charge is 2.40. The Hall–Kier alpha value is -2.08. The van der Waals surface area contributed by atoms with Gasteiger partial charge in [-0.15, -0.1) is 0 Å². The van der Waals surface area contributed by atoms with Crippen LogP contribution in [0.5, 0.6) is 0 Å². The van der Waals surface area contributed by atoms with Crippen molar-refractivity contribution in [1.82, 2.24) is 14.7 Å². The van der Waals surface area contributed by atoms with Gasteiger partial charge >= 0.3 is 6.03 Å². The molecule has 2 aliphatic heterocycles. The highest BCUT2D eigenvalue weighted by atomic mass is 16.2. The van der Waals surface area contributed by atoms with Crippen molar-refractivity contribution in [3.63, 3.8) is 0 Å². The lowest BCUT2D eigenvalue weighted by Crippen LogP contribution is -2.60. The van der Waals surface area contributed by atoms with Crippen LogP contribution >= 0.6 is 0 Å². The van der Waals surface area contributed by atoms with E-state index in [1.807, 2.05) is 17.0 Å². The van der Waals surface area contributed by atoms with Crippen LogP contribution in [0, 0.1) is 5.92 Å². The van der Waals surface area contributed by atoms with Crippen LogP contribution in [0.1, 0.15) is 77.2 Å². The number of piperazine rings is 1. The van der Waals surface area contributed by atoms with Crippen LogP contribution in [-0.2, 0) is 4.79 Å². The molecule has 0 aromatic heterocycles. The van der Waals surface area contributed by atoms with E-state index in [0.29, 0.717) is 36.9 Å². The average Bonchev–Trinajstić information content (AvgIpc) is 3.34. The number of nitrogens with one attached hydrogen (secondary N) is 1. The van der Waals surface area contributed by atoms with Gasteiger partial charge in [-0.1, -0.05) is 38.8 Å². The van der Waals surface area contributed by atoms with Gasteiger partial charge in [0.25, 0.3) is 0 Å². The lowest BCUT2D eigenvalue weighted by molar-refractivity contribution is -0.143. The molecule has 2 saturated heterocycles. The SMILES string of the molecule is CC(C)c1ccc(NC(=O)N2CCN([C@H](C(=O)N3CCCC[C@@H]3C)C3CCCC3)CC2)cc1. The van der Waals surface area contributed by atoms with Crippen LogP contribution in [0.25, 0.3) is 0 Å². The molecule has 1 aromatic carbocycles. The number of benzene rings is 1. The molecule has 1 saturated carbocycles. The van der Waals surface area contributed by atoms with Crippen LogP contribution in [0.2, 0.25) is 0 Å². The molecule has 0 radical (unpaired) electrons. The van der Waals surface area contributed by atoms with E-state index in [-0.39, 0.29) is 12.1 Å². The first-order valence-corrected chi connectivity index (χ1v) is 13.1. The fourth-order valence-electron chi connectivity index (χ4n) is 5.88. The summed E-state index contributed by atoms with van der Waals surface area (Å²) in [6, 6.07) is 8.43. The maximum atomic E-state index is 13.7. The van der Waals surface area contributed by atoms with Crippen molar-refractivity contribution in [2.24, 2.45) is 5.92 Å². The maximum Gasteiger partial charge on any atom is 0.321 e. The number of hydrogen-bond acceptors (Lipinski definition) is 3. The first-order chi connectivity index (χ1) is 15.9. The van der Waals surface area contributed by atoms with E-state index in [2.05, 4.69) is 48.0 Å². The summed E-state index contributed by atoms with van der Waals surface area (Å²) in [5.74, 6) is 1.29. The number of carbonyl (C=O) groups is 2. The summed E-state index contributed by atoms with van der Waals surface area (Å²) in [5, 5.41) is 3.05. The van der Waals surface area contributed by atoms with Crippen LogP contribution in [0.3, 0.4) is 0 Å². The molecule has 3 amide bonds. The van der Waals surface area contributed by atoms with Gasteiger partial charge in [0.15, 0.2) is 0 Å². The van der Waals surface area contributed by atoms with Crippen molar-refractivity contribution in [1.29, 1.82) is 0 Å². The fourth-order valence-corrected chi connectivity index (χ4v) is 5.88. The van der Waals surface area contributed by atoms with Crippen molar-refractivity contribution in [2.45, 2.75) is 83.7 Å². The number of urea groups is 1. The van der Waals surface area contributed by atoms with E-state index >= 15 is 0 Å². The summed E-state index contributed by atoms with van der Waals surface area (Å²) in [7, 11) is 0. The third kappa shape index (κ3) is 5.71. The molecule has 0 bridgehead atoms. The van der Waals surface area contributed by atoms with E-state index in [0.717, 1.165) is 51.0 Å². The lowest BCUT2D eigenvalue weighted by atomic mass is 9.92. The second-order valence-electron chi connectivity index (χ2n) is 10.6. The highest BCUT2D eigenvalue weighted by Crippen LogP contribution is 2.33. The second-order valence-corrected chi connectivity index (χ2v) is 10.6. The summed E-state index contributed by atoms with van der Waals surface area (Å²) < 4.78 is 0. The Labute approximate surface area is 199 Å². The molecule has 1 aliphatic carbocycles. The van der Waals surface area contributed by atoms with Gasteiger partial charge in [0.05, 0.1) is 6.04 Å². The number of nitrogens with zero attached hydrogens (tertiary/aromatic N) is 3. The van der Waals surface area contributed by atoms with Crippen molar-refractivity contribution in [2.75, 3.05) is 38.0 Å². The van der Waals surface area contributed by atoms with Crippen molar-refractivity contribution < 1.29 is 9.59 Å². The van der Waals surface area contributed by atoms with Crippen LogP contribution in [-0.4, -0.2) is 71.4 Å². The summed E-state index contributed by atoms with van der Waals surface area (Å²) in [6.07, 6.45) is 8.27. The van der Waals surface area contributed by atoms with Gasteiger partial charge in [0, 0.05) is 44.5 Å². The van der Waals surface area contributed by atoms with Crippen LogP contribution in [0.15, 0.2) is 24.3 Å². The number of hydrogen-bond donors (Lipinski definition) is 1. The Balaban J connectivity index is 1.36. The Morgan fingerprint density at radius 2 is 1.52 bits per heavy atom. The van der Waals surface area contributed by atoms with Gasteiger partial charge in [-0.05, 0) is 68.6 Å². The van der Waals surface area contributed by atoms with E-state index in [1.165, 1.54) is 24.8 Å². The molecule has 6 nitrogen and oxygen atoms in total. The van der Waals surface area contributed by atoms with E-state index in [9.17, 15) is 9.59 Å². The average molecular weight is 455 g/mol. The molecule has 33 heavy (non-hydrogen) atoms. The van der Waals surface area contributed by atoms with Gasteiger partial charge in [0.2, 0.25) is 5.91 Å². The van der Waals surface area contributed by atoms with E-state index < -0.39 is 0 Å². The monoisotopic (exact) mass is 454 g/mol. The minimum atomic E-state index is -0.0413. The number of amides is 3. The van der Waals surface area contributed by atoms with Crippen LogP contribution < -0.4 is 5.32 Å². The van der Waals surface area contributed by atoms with Gasteiger partial charge in [-0.2, -0.15) is 0 Å². The highest BCUT2D eigenvalue weighted by molar-refractivity contribution is 5.89. The molecule has 6 heteroatoms. The molecule has 3 fully saturated rings. The molecular formula is C27H42N4O2. The third-order valence-electron chi connectivity index (χ3n) is 8.01. The first-order valence-electron chi connectivity index (χ1n) is 13.1. The number of rotatable bonds is 5. The second kappa shape index (κ2) is 10.9. The predicted molar refractivity (Wildman–Crippen MR) is 133 cm³/mol. The summed E-state index contributed by atoms with van der Waals surface area (Å²) in [6.45, 7) is 10.3. The first kappa shape index (κ1) is 24.1. The Bertz CT molecular complexity index is 795. The molecule has 2 heterocycles. The summed E-state index contributed by atoms with van der Waals surface area (Å²) >= 11 is 0. The fraction of sp³-hybridized carbons (Fsp3) is 0.704. The topological polar surface area (TPSA) is 55.9 Å². The largest absolute Gasteiger partial charge is 0.339 e. The van der Waals surface area contributed by atoms with Crippen molar-refractivity contribution in [3.05, 3.63) is 29.8 Å². The molecule has 1 N–H and O–H groups in total. The number of likely N-dealkylation sites (tertiary alicyclic amines) is 1. The number of anilines is 1. The zero-order chi connectivity index (χ0) is 23.4. The van der Waals surface area contributed by atoms with Gasteiger partial charge in [-0.25, -0.2) is 4.79 Å². The Morgan fingerprint density at radius 3 is 2.12 bits per heavy atom. The molecule has 2 atom stereocenters. The van der Waals surface area contributed by atoms with E-state index in [4.69, 9.17) is 0 Å². The van der Waals surface area contributed by atoms with Crippen LogP contribution in [0.4, 0.5) is 10.5 Å². The molecule has 4 rings (SSSR count). The third-order valence-corrected chi connectivity index (χ3v) is 8.01. The van der Waals surface area contributed by atoms with Gasteiger partial charge < -0.3 is 15.1 Å². The van der Waals surface area contributed by atoms with E-state index in [1.54, 1.807) is 0 Å². The predicted octanol–water partition coefficient (Wildman–Crippen LogP) is 4.92. The molecule has 1 aromatic rings. The summed E-state index contributed by atoms with van der Waals surface area (Å²) in [4.78, 5) is 33.0. The van der Waals surface area contributed by atoms with Crippen molar-refractivity contribution in [3.8, 4) is 0 Å². The van der Waals surface area contributed by atoms with Gasteiger partial charge in [-0.3, -0.25) is 9.69 Å². The zero-order valence-corrected chi connectivity index (χ0v) is 20.8. The molecule has 3 aliphatic rings. The minimum Gasteiger partial charge on any atom is -0.339 e. The minimum absolute atomic E-state index is 0.0122. The Morgan fingerprint density at radius 1 is 0.879 bits per heavy atom. The van der Waals surface area contributed by atoms with Crippen molar-refractivity contribution >= 4 is 17.6 Å². The normalized spacial score (nSPS) is 23.7. The summed E-state index contributed by atoms with van der Waals surface area (Å²) in [5.41, 5.74) is 2.11.